The lowest BCUT2D eigenvalue weighted by molar-refractivity contribution is -0.624. The van der Waals surface area contributed by atoms with Crippen LogP contribution in [0.4, 0.5) is 27.8 Å². The lowest BCUT2D eigenvalue weighted by Crippen LogP contribution is -2.41. The molecule has 0 aliphatic rings. The van der Waals surface area contributed by atoms with E-state index in [-0.39, 0.29) is 26.9 Å². The van der Waals surface area contributed by atoms with Gasteiger partial charge in [0.1, 0.15) is 17.5 Å². The average Bonchev–Trinajstić information content (AvgIpc) is 2.84. The number of anilines is 1. The number of carbonyl (C=O) groups excluding carboxylic acids is 1. The fourth-order valence-corrected chi connectivity index (χ4v) is 4.53. The number of pyridine rings is 1. The highest BCUT2D eigenvalue weighted by Crippen LogP contribution is 2.25. The first-order chi connectivity index (χ1) is 17.8. The second kappa shape index (κ2) is 11.9. The zero-order valence-corrected chi connectivity index (χ0v) is 20.7. The minimum absolute atomic E-state index is 0.0174. The third kappa shape index (κ3) is 7.47. The summed E-state index contributed by atoms with van der Waals surface area (Å²) in [5.74, 6) is -6.61. The van der Waals surface area contributed by atoms with Crippen LogP contribution in [0.25, 0.3) is 0 Å². The molecule has 0 bridgehead atoms. The molecule has 0 saturated carbocycles. The second-order valence-electron chi connectivity index (χ2n) is 7.78. The number of halogens is 6. The first-order valence-electron chi connectivity index (χ1n) is 10.6. The number of benzene rings is 1. The van der Waals surface area contributed by atoms with E-state index >= 15 is 0 Å². The van der Waals surface area contributed by atoms with Crippen LogP contribution in [0.1, 0.15) is 11.3 Å². The Bertz CT molecular complexity index is 1400. The first kappa shape index (κ1) is 29.0. The molecule has 0 spiro atoms. The Kier molecular flexibility index (Phi) is 9.04. The van der Waals surface area contributed by atoms with E-state index in [9.17, 15) is 41.0 Å². The summed E-state index contributed by atoms with van der Waals surface area (Å²) in [5, 5.41) is 15.9. The third-order valence-electron chi connectivity index (χ3n) is 4.97. The molecular formula is C22H19ClF5N5O4S. The standard InChI is InChI=1S/C22H19ClF5N5O4S/c23-17-10-30-19(31-12-21(24,25)16-7-3-4-8-33(16)36)20(35)32(17)11-18(34)29-9-14-5-1-2-6-15(14)38(37)13-22(26,27)28/h1-8,10H,9,11-13H2,(H,29,34)(H,30,31). The lowest BCUT2D eigenvalue weighted by atomic mass is 10.2. The minimum Gasteiger partial charge on any atom is -0.618 e. The van der Waals surface area contributed by atoms with Crippen LogP contribution >= 0.6 is 11.6 Å². The Morgan fingerprint density at radius 2 is 1.82 bits per heavy atom. The van der Waals surface area contributed by atoms with Crippen LogP contribution in [-0.4, -0.2) is 38.1 Å². The van der Waals surface area contributed by atoms with Crippen molar-refractivity contribution in [2.45, 2.75) is 30.1 Å². The van der Waals surface area contributed by atoms with Crippen molar-refractivity contribution < 1.29 is 35.7 Å². The number of nitrogens with zero attached hydrogens (tertiary/aromatic N) is 3. The highest BCUT2D eigenvalue weighted by Gasteiger charge is 2.39. The highest BCUT2D eigenvalue weighted by molar-refractivity contribution is 7.85. The maximum absolute atomic E-state index is 14.5. The number of alkyl halides is 5. The van der Waals surface area contributed by atoms with Gasteiger partial charge in [-0.2, -0.15) is 26.7 Å². The van der Waals surface area contributed by atoms with Crippen LogP contribution in [0.15, 0.2) is 64.5 Å². The molecule has 0 aliphatic heterocycles. The molecule has 38 heavy (non-hydrogen) atoms. The number of aromatic nitrogens is 3. The summed E-state index contributed by atoms with van der Waals surface area (Å²) in [6, 6.07) is 8.95. The molecule has 0 radical (unpaired) electrons. The Morgan fingerprint density at radius 1 is 1.13 bits per heavy atom. The van der Waals surface area contributed by atoms with Crippen molar-refractivity contribution in [3.63, 3.8) is 0 Å². The van der Waals surface area contributed by atoms with Gasteiger partial charge >= 0.3 is 12.1 Å². The highest BCUT2D eigenvalue weighted by atomic mass is 35.5. The Labute approximate surface area is 219 Å². The maximum Gasteiger partial charge on any atom is 0.400 e. The van der Waals surface area contributed by atoms with Gasteiger partial charge in [-0.25, -0.2) is 4.98 Å². The van der Waals surface area contributed by atoms with E-state index in [0.29, 0.717) is 0 Å². The van der Waals surface area contributed by atoms with Gasteiger partial charge in [0.25, 0.3) is 11.3 Å². The van der Waals surface area contributed by atoms with Crippen molar-refractivity contribution in [1.29, 1.82) is 0 Å². The number of rotatable bonds is 10. The summed E-state index contributed by atoms with van der Waals surface area (Å²) in [6.45, 7) is -2.15. The number of hydrogen-bond donors (Lipinski definition) is 2. The zero-order chi connectivity index (χ0) is 28.1. The second-order valence-corrected chi connectivity index (χ2v) is 9.59. The number of hydrogen-bond acceptors (Lipinski definition) is 6. The van der Waals surface area contributed by atoms with Gasteiger partial charge in [0, 0.05) is 23.6 Å². The summed E-state index contributed by atoms with van der Waals surface area (Å²) >= 11 is 5.95. The lowest BCUT2D eigenvalue weighted by Gasteiger charge is -2.17. The zero-order valence-electron chi connectivity index (χ0n) is 19.2. The molecule has 16 heteroatoms. The average molecular weight is 580 g/mol. The molecule has 0 fully saturated rings. The fourth-order valence-electron chi connectivity index (χ4n) is 3.22. The van der Waals surface area contributed by atoms with Gasteiger partial charge in [-0.1, -0.05) is 29.8 Å². The van der Waals surface area contributed by atoms with E-state index < -0.39 is 64.7 Å². The van der Waals surface area contributed by atoms with E-state index in [2.05, 4.69) is 15.6 Å². The smallest absolute Gasteiger partial charge is 0.400 e. The number of carbonyl (C=O) groups is 1. The van der Waals surface area contributed by atoms with E-state index in [1.54, 1.807) is 0 Å². The predicted octanol–water partition coefficient (Wildman–Crippen LogP) is 2.72. The van der Waals surface area contributed by atoms with Gasteiger partial charge < -0.3 is 15.8 Å². The molecule has 1 unspecified atom stereocenters. The molecule has 204 valence electrons. The monoisotopic (exact) mass is 579 g/mol. The van der Waals surface area contributed by atoms with Crippen LogP contribution in [0.5, 0.6) is 0 Å². The van der Waals surface area contributed by atoms with Crippen molar-refractivity contribution in [1.82, 2.24) is 14.9 Å². The largest absolute Gasteiger partial charge is 0.618 e. The van der Waals surface area contributed by atoms with Crippen molar-refractivity contribution in [2.24, 2.45) is 0 Å². The minimum atomic E-state index is -4.66. The maximum atomic E-state index is 14.5. The summed E-state index contributed by atoms with van der Waals surface area (Å²) in [4.78, 5) is 28.7. The van der Waals surface area contributed by atoms with Crippen molar-refractivity contribution in [3.8, 4) is 0 Å². The van der Waals surface area contributed by atoms with Gasteiger partial charge in [0.15, 0.2) is 12.0 Å². The molecule has 0 saturated heterocycles. The molecule has 1 amide bonds. The molecule has 3 aromatic rings. The van der Waals surface area contributed by atoms with Gasteiger partial charge in [0.05, 0.1) is 23.5 Å². The summed E-state index contributed by atoms with van der Waals surface area (Å²) in [7, 11) is -2.40. The molecule has 2 aromatic heterocycles. The molecule has 3 rings (SSSR count). The SMILES string of the molecule is O=C(Cn1c(Cl)cnc(NCC(F)(F)c2cccc[n+]2[O-])c1=O)NCc1ccccc1S(=O)CC(F)(F)F. The third-order valence-corrected chi connectivity index (χ3v) is 6.75. The van der Waals surface area contributed by atoms with E-state index in [0.717, 1.165) is 23.0 Å². The number of nitrogens with one attached hydrogen (secondary N) is 2. The molecule has 0 aliphatic carbocycles. The Balaban J connectivity index is 1.69. The molecule has 2 N–H and O–H groups in total. The summed E-state index contributed by atoms with van der Waals surface area (Å²) in [5.41, 5.74) is -1.71. The van der Waals surface area contributed by atoms with Gasteiger partial charge in [-0.3, -0.25) is 18.4 Å². The summed E-state index contributed by atoms with van der Waals surface area (Å²) in [6.07, 6.45) is -2.82. The van der Waals surface area contributed by atoms with E-state index in [1.165, 1.54) is 36.4 Å². The van der Waals surface area contributed by atoms with Gasteiger partial charge in [0.2, 0.25) is 5.91 Å². The molecule has 9 nitrogen and oxygen atoms in total. The normalized spacial score (nSPS) is 12.7. The topological polar surface area (TPSA) is 120 Å². The van der Waals surface area contributed by atoms with Crippen LogP contribution in [0, 0.1) is 5.21 Å². The fraction of sp³-hybridized carbons (Fsp3) is 0.273. The molecule has 1 aromatic carbocycles. The Hall–Kier alpha value is -3.59. The van der Waals surface area contributed by atoms with Crippen LogP contribution in [0.3, 0.4) is 0 Å². The van der Waals surface area contributed by atoms with Crippen LogP contribution in [-0.2, 0) is 34.6 Å². The van der Waals surface area contributed by atoms with E-state index in [4.69, 9.17) is 11.6 Å². The predicted molar refractivity (Wildman–Crippen MR) is 127 cm³/mol. The van der Waals surface area contributed by atoms with Gasteiger partial charge in [-0.15, -0.1) is 0 Å². The first-order valence-corrected chi connectivity index (χ1v) is 12.3. The number of amides is 1. The van der Waals surface area contributed by atoms with Crippen molar-refractivity contribution in [3.05, 3.63) is 86.8 Å². The Morgan fingerprint density at radius 3 is 2.50 bits per heavy atom. The molecule has 2 heterocycles. The van der Waals surface area contributed by atoms with Crippen molar-refractivity contribution in [2.75, 3.05) is 17.6 Å². The van der Waals surface area contributed by atoms with Crippen molar-refractivity contribution >= 4 is 34.1 Å². The van der Waals surface area contributed by atoms with Crippen LogP contribution < -0.4 is 20.9 Å². The molecular weight excluding hydrogens is 561 g/mol. The molecule has 1 atom stereocenters. The van der Waals surface area contributed by atoms with E-state index in [1.807, 2.05) is 0 Å². The van der Waals surface area contributed by atoms with Crippen LogP contribution in [0.2, 0.25) is 5.15 Å². The summed E-state index contributed by atoms with van der Waals surface area (Å²) < 4.78 is 79.7. The quantitative estimate of drug-likeness (QED) is 0.217. The van der Waals surface area contributed by atoms with Gasteiger partial charge in [-0.05, 0) is 17.7 Å².